The van der Waals surface area contributed by atoms with Gasteiger partial charge >= 0.3 is 0 Å². The van der Waals surface area contributed by atoms with Crippen LogP contribution in [0.25, 0.3) is 0 Å². The Hall–Kier alpha value is -1.88. The van der Waals surface area contributed by atoms with Gasteiger partial charge in [0.2, 0.25) is 11.8 Å². The number of hydrogen-bond donors (Lipinski definition) is 0. The van der Waals surface area contributed by atoms with Crippen LogP contribution in [0.1, 0.15) is 72.3 Å². The molecule has 1 fully saturated rings. The molecule has 2 aliphatic rings. The molecule has 5 nitrogen and oxygen atoms in total. The minimum Gasteiger partial charge on any atom is -0.308 e. The smallest absolute Gasteiger partial charge is 0.230 e. The predicted molar refractivity (Wildman–Crippen MR) is 124 cm³/mol. The maximum absolute atomic E-state index is 13.1. The number of carbonyl (C=O) groups excluding carboxylic acids is 2. The number of amides is 2. The molecule has 1 unspecified atom stereocenters. The summed E-state index contributed by atoms with van der Waals surface area (Å²) < 4.78 is 0. The molecular weight excluding hydrogens is 374 g/mol. The third-order valence-corrected chi connectivity index (χ3v) is 6.48. The van der Waals surface area contributed by atoms with Crippen LogP contribution in [0.15, 0.2) is 18.2 Å². The fraction of sp³-hybridized carbons (Fsp3) is 0.680. The van der Waals surface area contributed by atoms with Crippen molar-refractivity contribution in [3.8, 4) is 0 Å². The number of hydrogen-bond acceptors (Lipinski definition) is 3. The van der Waals surface area contributed by atoms with Crippen LogP contribution in [0.4, 0.5) is 11.4 Å². The number of benzene rings is 1. The number of rotatable bonds is 8. The molecule has 3 rings (SSSR count). The van der Waals surface area contributed by atoms with Crippen molar-refractivity contribution in [2.24, 2.45) is 11.8 Å². The molecule has 5 heteroatoms. The minimum absolute atomic E-state index is 0.00727. The van der Waals surface area contributed by atoms with Gasteiger partial charge < -0.3 is 14.7 Å². The van der Waals surface area contributed by atoms with Crippen molar-refractivity contribution in [3.05, 3.63) is 23.8 Å². The highest BCUT2D eigenvalue weighted by atomic mass is 16.2. The molecule has 2 amide bonds. The Bertz CT molecular complexity index is 772. The molecule has 1 aliphatic carbocycles. The molecular formula is C25H39N3O2. The van der Waals surface area contributed by atoms with E-state index in [9.17, 15) is 9.59 Å². The minimum atomic E-state index is -0.00727. The van der Waals surface area contributed by atoms with Gasteiger partial charge in [-0.15, -0.1) is 0 Å². The van der Waals surface area contributed by atoms with Gasteiger partial charge in [0.25, 0.3) is 0 Å². The highest BCUT2D eigenvalue weighted by molar-refractivity contribution is 6.05. The van der Waals surface area contributed by atoms with Gasteiger partial charge in [-0.1, -0.05) is 33.8 Å². The highest BCUT2D eigenvalue weighted by Crippen LogP contribution is 2.41. The summed E-state index contributed by atoms with van der Waals surface area (Å²) in [6.07, 6.45) is 3.04. The van der Waals surface area contributed by atoms with E-state index in [-0.39, 0.29) is 23.8 Å². The molecule has 2 atom stereocenters. The van der Waals surface area contributed by atoms with Gasteiger partial charge in [-0.2, -0.15) is 0 Å². The second-order valence-electron chi connectivity index (χ2n) is 9.56. The fourth-order valence-corrected chi connectivity index (χ4v) is 4.77. The van der Waals surface area contributed by atoms with E-state index in [0.717, 1.165) is 50.3 Å². The van der Waals surface area contributed by atoms with E-state index >= 15 is 0 Å². The van der Waals surface area contributed by atoms with Crippen LogP contribution in [-0.2, 0) is 9.59 Å². The Labute approximate surface area is 182 Å². The molecule has 0 N–H and O–H groups in total. The van der Waals surface area contributed by atoms with Crippen molar-refractivity contribution in [1.29, 1.82) is 0 Å². The van der Waals surface area contributed by atoms with E-state index in [1.54, 1.807) is 6.92 Å². The molecule has 1 saturated carbocycles. The number of fused-ring (bicyclic) bond motifs is 1. The molecule has 30 heavy (non-hydrogen) atoms. The fourth-order valence-electron chi connectivity index (χ4n) is 4.77. The average molecular weight is 414 g/mol. The number of anilines is 2. The van der Waals surface area contributed by atoms with Gasteiger partial charge in [0, 0.05) is 32.5 Å². The van der Waals surface area contributed by atoms with Crippen LogP contribution in [-0.4, -0.2) is 48.9 Å². The van der Waals surface area contributed by atoms with E-state index in [0.29, 0.717) is 18.4 Å². The summed E-state index contributed by atoms with van der Waals surface area (Å²) in [5.41, 5.74) is 3.07. The molecule has 0 saturated heterocycles. The van der Waals surface area contributed by atoms with E-state index in [1.807, 2.05) is 16.7 Å². The molecule has 0 bridgehead atoms. The van der Waals surface area contributed by atoms with E-state index in [1.165, 1.54) is 5.56 Å². The summed E-state index contributed by atoms with van der Waals surface area (Å²) in [5.74, 6) is 1.49. The van der Waals surface area contributed by atoms with Crippen LogP contribution >= 0.6 is 0 Å². The van der Waals surface area contributed by atoms with Crippen LogP contribution in [0.5, 0.6) is 0 Å². The molecule has 1 aromatic rings. The third kappa shape index (κ3) is 4.88. The second kappa shape index (κ2) is 9.51. The maximum Gasteiger partial charge on any atom is 0.230 e. The molecule has 1 heterocycles. The highest BCUT2D eigenvalue weighted by Gasteiger charge is 2.39. The topological polar surface area (TPSA) is 43.9 Å². The van der Waals surface area contributed by atoms with Crippen molar-refractivity contribution >= 4 is 23.2 Å². The summed E-state index contributed by atoms with van der Waals surface area (Å²) in [4.78, 5) is 31.8. The molecule has 1 aromatic carbocycles. The Morgan fingerprint density at radius 1 is 1.13 bits per heavy atom. The lowest BCUT2D eigenvalue weighted by molar-refractivity contribution is -0.120. The lowest BCUT2D eigenvalue weighted by Gasteiger charge is -2.41. The van der Waals surface area contributed by atoms with Gasteiger partial charge in [-0.05, 0) is 62.3 Å². The van der Waals surface area contributed by atoms with Crippen molar-refractivity contribution in [2.45, 2.75) is 72.8 Å². The van der Waals surface area contributed by atoms with E-state index in [2.05, 4.69) is 50.8 Å². The SMILES string of the molecule is CCC(CN(CC)CC(C)C)c1ccc2c(c1)N(C(=O)C1CC1)C[C@H](C)N2C(C)=O. The van der Waals surface area contributed by atoms with Gasteiger partial charge in [0.1, 0.15) is 0 Å². The first-order chi connectivity index (χ1) is 14.3. The Morgan fingerprint density at radius 3 is 2.37 bits per heavy atom. The zero-order valence-electron chi connectivity index (χ0n) is 19.6. The Balaban J connectivity index is 1.95. The van der Waals surface area contributed by atoms with Crippen molar-refractivity contribution in [2.75, 3.05) is 36.0 Å². The van der Waals surface area contributed by atoms with Crippen LogP contribution < -0.4 is 9.80 Å². The summed E-state index contributed by atoms with van der Waals surface area (Å²) in [6, 6.07) is 6.42. The quantitative estimate of drug-likeness (QED) is 0.623. The van der Waals surface area contributed by atoms with Crippen LogP contribution in [0.3, 0.4) is 0 Å². The monoisotopic (exact) mass is 413 g/mol. The molecule has 166 valence electrons. The first-order valence-corrected chi connectivity index (χ1v) is 11.7. The van der Waals surface area contributed by atoms with E-state index < -0.39 is 0 Å². The molecule has 0 aromatic heterocycles. The summed E-state index contributed by atoms with van der Waals surface area (Å²) in [7, 11) is 0. The number of likely N-dealkylation sites (N-methyl/N-ethyl adjacent to an activating group) is 1. The number of carbonyl (C=O) groups is 2. The molecule has 1 aliphatic heterocycles. The summed E-state index contributed by atoms with van der Waals surface area (Å²) in [5, 5.41) is 0. The Kier molecular flexibility index (Phi) is 7.22. The second-order valence-corrected chi connectivity index (χ2v) is 9.56. The van der Waals surface area contributed by atoms with Crippen molar-refractivity contribution in [3.63, 3.8) is 0 Å². The normalized spacial score (nSPS) is 19.9. The predicted octanol–water partition coefficient (Wildman–Crippen LogP) is 4.66. The zero-order chi connectivity index (χ0) is 22.0. The van der Waals surface area contributed by atoms with Gasteiger partial charge in [0.15, 0.2) is 0 Å². The van der Waals surface area contributed by atoms with Gasteiger partial charge in [-0.25, -0.2) is 0 Å². The van der Waals surface area contributed by atoms with Crippen LogP contribution in [0, 0.1) is 11.8 Å². The summed E-state index contributed by atoms with van der Waals surface area (Å²) >= 11 is 0. The standard InChI is InChI=1S/C25H39N3O2/c1-7-20(16-26(8-2)14-17(3)4)22-11-12-23-24(13-22)27(25(30)21-9-10-21)15-18(5)28(23)19(6)29/h11-13,17-18,20-21H,7-10,14-16H2,1-6H3/t18-,20?/m0/s1. The van der Waals surface area contributed by atoms with Gasteiger partial charge in [-0.3, -0.25) is 9.59 Å². The summed E-state index contributed by atoms with van der Waals surface area (Å²) in [6.45, 7) is 16.4. The lowest BCUT2D eigenvalue weighted by Crippen LogP contribution is -2.51. The average Bonchev–Trinajstić information content (AvgIpc) is 3.54. The first kappa shape index (κ1) is 22.8. The van der Waals surface area contributed by atoms with Crippen LogP contribution in [0.2, 0.25) is 0 Å². The largest absolute Gasteiger partial charge is 0.308 e. The maximum atomic E-state index is 13.1. The number of nitrogens with zero attached hydrogens (tertiary/aromatic N) is 3. The van der Waals surface area contributed by atoms with Crippen molar-refractivity contribution in [1.82, 2.24) is 4.90 Å². The molecule has 0 radical (unpaired) electrons. The Morgan fingerprint density at radius 2 is 1.83 bits per heavy atom. The zero-order valence-corrected chi connectivity index (χ0v) is 19.6. The molecule has 0 spiro atoms. The van der Waals surface area contributed by atoms with E-state index in [4.69, 9.17) is 0 Å². The lowest BCUT2D eigenvalue weighted by atomic mass is 9.93. The van der Waals surface area contributed by atoms with Crippen molar-refractivity contribution < 1.29 is 9.59 Å². The third-order valence-electron chi connectivity index (χ3n) is 6.48. The van der Waals surface area contributed by atoms with Gasteiger partial charge in [0.05, 0.1) is 17.4 Å². The first-order valence-electron chi connectivity index (χ1n) is 11.7.